The van der Waals surface area contributed by atoms with E-state index in [0.29, 0.717) is 17.2 Å². The van der Waals surface area contributed by atoms with Gasteiger partial charge >= 0.3 is 0 Å². The van der Waals surface area contributed by atoms with Crippen LogP contribution in [-0.4, -0.2) is 30.1 Å². The molecule has 0 atom stereocenters. The van der Waals surface area contributed by atoms with Gasteiger partial charge in [0.2, 0.25) is 0 Å². The van der Waals surface area contributed by atoms with Crippen LogP contribution in [0.3, 0.4) is 0 Å². The molecule has 5 heteroatoms. The Morgan fingerprint density at radius 3 is 2.63 bits per heavy atom. The molecule has 100 valence electrons. The average molecular weight is 277 g/mol. The van der Waals surface area contributed by atoms with Crippen molar-refractivity contribution in [1.82, 2.24) is 4.90 Å². The summed E-state index contributed by atoms with van der Waals surface area (Å²) in [5.41, 5.74) is 0.970. The topological polar surface area (TPSA) is 49.8 Å². The normalized spacial score (nSPS) is 10.2. The minimum Gasteiger partial charge on any atom is -0.508 e. The molecule has 2 aromatic rings. The van der Waals surface area contributed by atoms with Gasteiger partial charge in [-0.2, -0.15) is 0 Å². The Kier molecular flexibility index (Phi) is 4.06. The smallest absolute Gasteiger partial charge is 0.264 e. The Morgan fingerprint density at radius 2 is 2.05 bits per heavy atom. The van der Waals surface area contributed by atoms with Crippen LogP contribution in [-0.2, 0) is 6.54 Å². The largest absolute Gasteiger partial charge is 0.508 e. The SMILES string of the molecule is COc1csc(C(=O)N(C)Cc2ccc(O)cc2)c1. The van der Waals surface area contributed by atoms with Crippen molar-refractivity contribution in [3.8, 4) is 11.5 Å². The molecule has 19 heavy (non-hydrogen) atoms. The van der Waals surface area contributed by atoms with E-state index in [1.54, 1.807) is 49.4 Å². The first kappa shape index (κ1) is 13.4. The molecular weight excluding hydrogens is 262 g/mol. The molecule has 0 fully saturated rings. The monoisotopic (exact) mass is 277 g/mol. The predicted octanol–water partition coefficient (Wildman–Crippen LogP) is 2.73. The van der Waals surface area contributed by atoms with E-state index < -0.39 is 0 Å². The second-order valence-corrected chi connectivity index (χ2v) is 5.09. The van der Waals surface area contributed by atoms with Crippen molar-refractivity contribution in [3.05, 3.63) is 46.2 Å². The van der Waals surface area contributed by atoms with E-state index in [-0.39, 0.29) is 11.7 Å². The fourth-order valence-corrected chi connectivity index (χ4v) is 2.52. The van der Waals surface area contributed by atoms with Crippen LogP contribution in [0.1, 0.15) is 15.2 Å². The number of hydrogen-bond donors (Lipinski definition) is 1. The summed E-state index contributed by atoms with van der Waals surface area (Å²) in [5.74, 6) is 0.883. The number of nitrogens with zero attached hydrogens (tertiary/aromatic N) is 1. The van der Waals surface area contributed by atoms with Crippen molar-refractivity contribution in [2.45, 2.75) is 6.54 Å². The molecule has 1 heterocycles. The number of carbonyl (C=O) groups is 1. The fourth-order valence-electron chi connectivity index (χ4n) is 1.67. The first-order chi connectivity index (χ1) is 9.10. The van der Waals surface area contributed by atoms with Gasteiger partial charge in [0.1, 0.15) is 11.5 Å². The van der Waals surface area contributed by atoms with Crippen molar-refractivity contribution in [2.75, 3.05) is 14.2 Å². The molecule has 0 aliphatic heterocycles. The van der Waals surface area contributed by atoms with Crippen LogP contribution in [0.2, 0.25) is 0 Å². The lowest BCUT2D eigenvalue weighted by Gasteiger charge is -2.16. The lowest BCUT2D eigenvalue weighted by Crippen LogP contribution is -2.25. The zero-order valence-corrected chi connectivity index (χ0v) is 11.6. The van der Waals surface area contributed by atoms with Gasteiger partial charge in [0.25, 0.3) is 5.91 Å². The molecule has 1 amide bonds. The number of ether oxygens (including phenoxy) is 1. The van der Waals surface area contributed by atoms with Crippen LogP contribution in [0, 0.1) is 0 Å². The van der Waals surface area contributed by atoms with E-state index >= 15 is 0 Å². The second-order valence-electron chi connectivity index (χ2n) is 4.18. The Bertz CT molecular complexity index is 562. The van der Waals surface area contributed by atoms with E-state index in [9.17, 15) is 9.90 Å². The van der Waals surface area contributed by atoms with Gasteiger partial charge in [-0.3, -0.25) is 4.79 Å². The summed E-state index contributed by atoms with van der Waals surface area (Å²) in [6.07, 6.45) is 0. The van der Waals surface area contributed by atoms with E-state index in [0.717, 1.165) is 5.56 Å². The first-order valence-corrected chi connectivity index (χ1v) is 6.64. The van der Waals surface area contributed by atoms with Crippen LogP contribution in [0.25, 0.3) is 0 Å². The van der Waals surface area contributed by atoms with Crippen molar-refractivity contribution in [3.63, 3.8) is 0 Å². The van der Waals surface area contributed by atoms with E-state index in [1.165, 1.54) is 11.3 Å². The molecule has 0 spiro atoms. The van der Waals surface area contributed by atoms with Gasteiger partial charge in [-0.25, -0.2) is 0 Å². The minimum atomic E-state index is -0.0404. The van der Waals surface area contributed by atoms with Crippen LogP contribution in [0.4, 0.5) is 0 Å². The number of thiophene rings is 1. The zero-order chi connectivity index (χ0) is 13.8. The van der Waals surface area contributed by atoms with Crippen LogP contribution in [0.15, 0.2) is 35.7 Å². The standard InChI is InChI=1S/C14H15NO3S/c1-15(8-10-3-5-11(16)6-4-10)14(17)13-7-12(18-2)9-19-13/h3-7,9,16H,8H2,1-2H3. The number of rotatable bonds is 4. The molecule has 4 nitrogen and oxygen atoms in total. The van der Waals surface area contributed by atoms with E-state index in [2.05, 4.69) is 0 Å². The number of amides is 1. The van der Waals surface area contributed by atoms with Crippen LogP contribution < -0.4 is 4.74 Å². The summed E-state index contributed by atoms with van der Waals surface area (Å²) in [5, 5.41) is 11.0. The number of methoxy groups -OCH3 is 1. The van der Waals surface area contributed by atoms with Crippen molar-refractivity contribution in [2.24, 2.45) is 0 Å². The minimum absolute atomic E-state index is 0.0404. The molecule has 0 radical (unpaired) electrons. The third-order valence-electron chi connectivity index (χ3n) is 2.72. The van der Waals surface area contributed by atoms with Crippen molar-refractivity contribution in [1.29, 1.82) is 0 Å². The maximum absolute atomic E-state index is 12.2. The molecule has 0 bridgehead atoms. The predicted molar refractivity (Wildman–Crippen MR) is 74.8 cm³/mol. The number of aromatic hydroxyl groups is 1. The van der Waals surface area contributed by atoms with E-state index in [4.69, 9.17) is 4.74 Å². The summed E-state index contributed by atoms with van der Waals surface area (Å²) in [7, 11) is 3.33. The van der Waals surface area contributed by atoms with E-state index in [1.807, 2.05) is 5.38 Å². The molecule has 1 aromatic carbocycles. The lowest BCUT2D eigenvalue weighted by atomic mass is 10.2. The number of benzene rings is 1. The molecule has 1 aromatic heterocycles. The number of hydrogen-bond acceptors (Lipinski definition) is 4. The highest BCUT2D eigenvalue weighted by molar-refractivity contribution is 7.12. The van der Waals surface area contributed by atoms with Crippen LogP contribution >= 0.6 is 11.3 Å². The highest BCUT2D eigenvalue weighted by Crippen LogP contribution is 2.22. The molecule has 0 aliphatic carbocycles. The summed E-state index contributed by atoms with van der Waals surface area (Å²) in [6.45, 7) is 0.499. The maximum atomic E-state index is 12.2. The van der Waals surface area contributed by atoms with Crippen molar-refractivity contribution >= 4 is 17.2 Å². The number of phenolic OH excluding ortho intramolecular Hbond substituents is 1. The quantitative estimate of drug-likeness (QED) is 0.935. The molecular formula is C14H15NO3S. The van der Waals surface area contributed by atoms with Gasteiger partial charge in [0.15, 0.2) is 0 Å². The molecule has 0 saturated carbocycles. The first-order valence-electron chi connectivity index (χ1n) is 5.76. The summed E-state index contributed by atoms with van der Waals surface area (Å²) in [6, 6.07) is 8.56. The summed E-state index contributed by atoms with van der Waals surface area (Å²) >= 11 is 1.37. The lowest BCUT2D eigenvalue weighted by molar-refractivity contribution is 0.0789. The average Bonchev–Trinajstić information content (AvgIpc) is 2.89. The third-order valence-corrected chi connectivity index (χ3v) is 3.62. The van der Waals surface area contributed by atoms with Gasteiger partial charge in [0, 0.05) is 25.0 Å². The summed E-state index contributed by atoms with van der Waals surface area (Å²) in [4.78, 5) is 14.5. The Morgan fingerprint density at radius 1 is 1.37 bits per heavy atom. The fraction of sp³-hybridized carbons (Fsp3) is 0.214. The molecule has 0 saturated heterocycles. The van der Waals surface area contributed by atoms with Gasteiger partial charge in [-0.1, -0.05) is 12.1 Å². The number of phenols is 1. The van der Waals surface area contributed by atoms with Crippen molar-refractivity contribution < 1.29 is 14.6 Å². The van der Waals surface area contributed by atoms with Gasteiger partial charge in [-0.05, 0) is 17.7 Å². The highest BCUT2D eigenvalue weighted by atomic mass is 32.1. The second kappa shape index (κ2) is 5.75. The van der Waals surface area contributed by atoms with Gasteiger partial charge in [0.05, 0.1) is 12.0 Å². The highest BCUT2D eigenvalue weighted by Gasteiger charge is 2.14. The number of carbonyl (C=O) groups excluding carboxylic acids is 1. The van der Waals surface area contributed by atoms with Crippen LogP contribution in [0.5, 0.6) is 11.5 Å². The Labute approximate surface area is 115 Å². The Hall–Kier alpha value is -2.01. The molecule has 1 N–H and O–H groups in total. The zero-order valence-electron chi connectivity index (χ0n) is 10.8. The van der Waals surface area contributed by atoms with Gasteiger partial charge < -0.3 is 14.7 Å². The molecule has 2 rings (SSSR count). The van der Waals surface area contributed by atoms with Gasteiger partial charge in [-0.15, -0.1) is 11.3 Å². The third kappa shape index (κ3) is 3.26. The maximum Gasteiger partial charge on any atom is 0.264 e. The molecule has 0 aliphatic rings. The Balaban J connectivity index is 2.04. The molecule has 0 unspecified atom stereocenters. The summed E-state index contributed by atoms with van der Waals surface area (Å²) < 4.78 is 5.07.